The number of rotatable bonds is 5. The second-order valence-corrected chi connectivity index (χ2v) is 6.26. The summed E-state index contributed by atoms with van der Waals surface area (Å²) in [6.07, 6.45) is 0.946. The number of thioether (sulfide) groups is 1. The molecule has 1 aromatic rings. The Morgan fingerprint density at radius 1 is 1.50 bits per heavy atom. The van der Waals surface area contributed by atoms with Crippen LogP contribution in [0.1, 0.15) is 16.8 Å². The van der Waals surface area contributed by atoms with Crippen LogP contribution in [0.4, 0.5) is 0 Å². The molecule has 1 saturated heterocycles. The predicted molar refractivity (Wildman–Crippen MR) is 82.0 cm³/mol. The molecule has 0 saturated carbocycles. The Labute approximate surface area is 128 Å². The molecule has 0 radical (unpaired) electrons. The molecule has 1 heterocycles. The van der Waals surface area contributed by atoms with Gasteiger partial charge in [0.1, 0.15) is 5.75 Å². The van der Waals surface area contributed by atoms with Gasteiger partial charge >= 0.3 is 0 Å². The van der Waals surface area contributed by atoms with E-state index in [2.05, 4.69) is 5.32 Å². The van der Waals surface area contributed by atoms with Gasteiger partial charge in [0, 0.05) is 24.4 Å². The van der Waals surface area contributed by atoms with E-state index in [1.807, 2.05) is 11.8 Å². The van der Waals surface area contributed by atoms with E-state index in [9.17, 15) is 4.79 Å². The summed E-state index contributed by atoms with van der Waals surface area (Å²) < 4.78 is 10.8. The monoisotopic (exact) mass is 315 g/mol. The average molecular weight is 316 g/mol. The van der Waals surface area contributed by atoms with Gasteiger partial charge in [-0.2, -0.15) is 11.8 Å². The van der Waals surface area contributed by atoms with Crippen LogP contribution >= 0.6 is 23.4 Å². The molecule has 0 aliphatic carbocycles. The van der Waals surface area contributed by atoms with Crippen molar-refractivity contribution in [1.29, 1.82) is 0 Å². The lowest BCUT2D eigenvalue weighted by molar-refractivity contribution is 0.0137. The third-order valence-corrected chi connectivity index (χ3v) is 4.94. The number of carbonyl (C=O) groups excluding carboxylic acids is 1. The highest BCUT2D eigenvalue weighted by Gasteiger charge is 2.34. The van der Waals surface area contributed by atoms with Gasteiger partial charge in [-0.15, -0.1) is 0 Å². The van der Waals surface area contributed by atoms with Crippen LogP contribution in [0, 0.1) is 0 Å². The minimum absolute atomic E-state index is 0.197. The minimum atomic E-state index is -0.258. The third kappa shape index (κ3) is 3.40. The number of benzene rings is 1. The van der Waals surface area contributed by atoms with Gasteiger partial charge < -0.3 is 14.8 Å². The number of amides is 1. The molecule has 1 unspecified atom stereocenters. The summed E-state index contributed by atoms with van der Waals surface area (Å²) in [5.74, 6) is 2.28. The van der Waals surface area contributed by atoms with Crippen LogP contribution in [0.25, 0.3) is 0 Å². The predicted octanol–water partition coefficient (Wildman–Crippen LogP) is 2.60. The molecule has 1 aliphatic rings. The summed E-state index contributed by atoms with van der Waals surface area (Å²) in [6, 6.07) is 4.99. The molecule has 1 aliphatic heterocycles. The first-order valence-corrected chi connectivity index (χ1v) is 7.88. The quantitative estimate of drug-likeness (QED) is 0.907. The Morgan fingerprint density at radius 2 is 2.30 bits per heavy atom. The highest BCUT2D eigenvalue weighted by molar-refractivity contribution is 7.99. The summed E-state index contributed by atoms with van der Waals surface area (Å²) in [4.78, 5) is 12.3. The number of ether oxygens (including phenoxy) is 2. The van der Waals surface area contributed by atoms with Crippen molar-refractivity contribution < 1.29 is 14.3 Å². The molecule has 2 rings (SSSR count). The van der Waals surface area contributed by atoms with Crippen LogP contribution in [0.15, 0.2) is 18.2 Å². The van der Waals surface area contributed by atoms with E-state index < -0.39 is 0 Å². The summed E-state index contributed by atoms with van der Waals surface area (Å²) >= 11 is 7.78. The Balaban J connectivity index is 2.06. The maximum absolute atomic E-state index is 12.3. The standard InChI is InChI=1S/C14H18ClNO3S/c1-18-12-4-3-10(15)7-11(12)13(17)16-8-14(19-2)5-6-20-9-14/h3-4,7H,5-6,8-9H2,1-2H3,(H,16,17). The number of nitrogens with one attached hydrogen (secondary N) is 1. The molecule has 1 N–H and O–H groups in total. The summed E-state index contributed by atoms with van der Waals surface area (Å²) in [5, 5.41) is 3.43. The van der Waals surface area contributed by atoms with Crippen LogP contribution in [0.5, 0.6) is 5.75 Å². The Kier molecular flexibility index (Phi) is 5.18. The van der Waals surface area contributed by atoms with Crippen molar-refractivity contribution in [3.8, 4) is 5.75 Å². The van der Waals surface area contributed by atoms with Gasteiger partial charge in [0.25, 0.3) is 5.91 Å². The van der Waals surface area contributed by atoms with Crippen molar-refractivity contribution in [3.63, 3.8) is 0 Å². The second kappa shape index (κ2) is 6.70. The SMILES string of the molecule is COc1ccc(Cl)cc1C(=O)NCC1(OC)CCSC1. The van der Waals surface area contributed by atoms with Crippen LogP contribution in [0.2, 0.25) is 5.02 Å². The minimum Gasteiger partial charge on any atom is -0.496 e. The van der Waals surface area contributed by atoms with Crippen LogP contribution in [-0.2, 0) is 4.74 Å². The van der Waals surface area contributed by atoms with Gasteiger partial charge in [-0.05, 0) is 30.4 Å². The fraction of sp³-hybridized carbons (Fsp3) is 0.500. The molecule has 0 aromatic heterocycles. The lowest BCUT2D eigenvalue weighted by atomic mass is 10.0. The van der Waals surface area contributed by atoms with Gasteiger partial charge in [0.05, 0.1) is 18.3 Å². The number of hydrogen-bond acceptors (Lipinski definition) is 4. The summed E-state index contributed by atoms with van der Waals surface area (Å²) in [5.41, 5.74) is 0.184. The third-order valence-electron chi connectivity index (χ3n) is 3.48. The largest absolute Gasteiger partial charge is 0.496 e. The molecule has 0 spiro atoms. The van der Waals surface area contributed by atoms with Crippen molar-refractivity contribution in [2.24, 2.45) is 0 Å². The molecule has 1 aromatic carbocycles. The molecule has 110 valence electrons. The summed E-state index contributed by atoms with van der Waals surface area (Å²) in [7, 11) is 3.22. The highest BCUT2D eigenvalue weighted by atomic mass is 35.5. The molecule has 1 amide bonds. The van der Waals surface area contributed by atoms with Gasteiger partial charge in [-0.1, -0.05) is 11.6 Å². The average Bonchev–Trinajstić information content (AvgIpc) is 2.94. The Hall–Kier alpha value is -0.910. The lowest BCUT2D eigenvalue weighted by Gasteiger charge is -2.26. The van der Waals surface area contributed by atoms with Crippen molar-refractivity contribution in [2.45, 2.75) is 12.0 Å². The zero-order valence-corrected chi connectivity index (χ0v) is 13.1. The molecular formula is C14H18ClNO3S. The Morgan fingerprint density at radius 3 is 2.90 bits per heavy atom. The normalized spacial score (nSPS) is 21.8. The van der Waals surface area contributed by atoms with E-state index in [0.717, 1.165) is 17.9 Å². The van der Waals surface area contributed by atoms with E-state index in [-0.39, 0.29) is 11.5 Å². The van der Waals surface area contributed by atoms with Crippen LogP contribution in [-0.4, -0.2) is 43.8 Å². The van der Waals surface area contributed by atoms with Crippen molar-refractivity contribution in [2.75, 3.05) is 32.3 Å². The molecular weight excluding hydrogens is 298 g/mol. The zero-order valence-electron chi connectivity index (χ0n) is 11.6. The van der Waals surface area contributed by atoms with Gasteiger partial charge in [-0.3, -0.25) is 4.79 Å². The molecule has 6 heteroatoms. The maximum atomic E-state index is 12.3. The number of halogens is 1. The summed E-state index contributed by atoms with van der Waals surface area (Å²) in [6.45, 7) is 0.491. The zero-order chi connectivity index (χ0) is 14.6. The van der Waals surface area contributed by atoms with Crippen molar-refractivity contribution in [1.82, 2.24) is 5.32 Å². The van der Waals surface area contributed by atoms with Gasteiger partial charge in [-0.25, -0.2) is 0 Å². The smallest absolute Gasteiger partial charge is 0.255 e. The van der Waals surface area contributed by atoms with E-state index in [0.29, 0.717) is 22.9 Å². The van der Waals surface area contributed by atoms with E-state index >= 15 is 0 Å². The molecule has 20 heavy (non-hydrogen) atoms. The number of hydrogen-bond donors (Lipinski definition) is 1. The Bertz CT molecular complexity index is 489. The first-order chi connectivity index (χ1) is 9.60. The molecule has 4 nitrogen and oxygen atoms in total. The van der Waals surface area contributed by atoms with Crippen molar-refractivity contribution >= 4 is 29.3 Å². The maximum Gasteiger partial charge on any atom is 0.255 e. The van der Waals surface area contributed by atoms with Crippen molar-refractivity contribution in [3.05, 3.63) is 28.8 Å². The van der Waals surface area contributed by atoms with Gasteiger partial charge in [0.15, 0.2) is 0 Å². The van der Waals surface area contributed by atoms with Gasteiger partial charge in [0.2, 0.25) is 0 Å². The number of methoxy groups -OCH3 is 2. The second-order valence-electron chi connectivity index (χ2n) is 4.72. The molecule has 1 fully saturated rings. The number of carbonyl (C=O) groups is 1. The first kappa shape index (κ1) is 15.5. The van der Waals surface area contributed by atoms with Crippen LogP contribution in [0.3, 0.4) is 0 Å². The molecule has 0 bridgehead atoms. The van der Waals surface area contributed by atoms with Crippen LogP contribution < -0.4 is 10.1 Å². The van der Waals surface area contributed by atoms with E-state index in [1.165, 1.54) is 7.11 Å². The van der Waals surface area contributed by atoms with E-state index in [1.54, 1.807) is 25.3 Å². The first-order valence-electron chi connectivity index (χ1n) is 6.35. The fourth-order valence-corrected chi connectivity index (χ4v) is 3.72. The highest BCUT2D eigenvalue weighted by Crippen LogP contribution is 2.30. The lowest BCUT2D eigenvalue weighted by Crippen LogP contribution is -2.44. The molecule has 1 atom stereocenters. The topological polar surface area (TPSA) is 47.6 Å². The van der Waals surface area contributed by atoms with E-state index in [4.69, 9.17) is 21.1 Å². The fourth-order valence-electron chi connectivity index (χ4n) is 2.16.